The number of benzene rings is 1. The summed E-state index contributed by atoms with van der Waals surface area (Å²) in [4.78, 5) is 42.2. The van der Waals surface area contributed by atoms with Crippen molar-refractivity contribution in [1.82, 2.24) is 16.0 Å². The zero-order valence-electron chi connectivity index (χ0n) is 22.6. The molecule has 0 saturated heterocycles. The van der Waals surface area contributed by atoms with Crippen LogP contribution in [0.5, 0.6) is 0 Å². The third kappa shape index (κ3) is 13.8. The van der Waals surface area contributed by atoms with E-state index in [9.17, 15) is 22.8 Å². The molecule has 212 valence electrons. The molecule has 0 radical (unpaired) electrons. The number of nitrogens with two attached hydrogens (primary N) is 2. The Morgan fingerprint density at radius 1 is 0.974 bits per heavy atom. The topological polar surface area (TPSA) is 186 Å². The zero-order valence-corrected chi connectivity index (χ0v) is 23.5. The summed E-state index contributed by atoms with van der Waals surface area (Å²) in [5.74, 6) is -1.99. The fourth-order valence-corrected chi connectivity index (χ4v) is 4.58. The van der Waals surface area contributed by atoms with Crippen molar-refractivity contribution in [3.8, 4) is 0 Å². The lowest BCUT2D eigenvalue weighted by Crippen LogP contribution is -2.55. The van der Waals surface area contributed by atoms with Crippen molar-refractivity contribution in [1.29, 1.82) is 0 Å². The van der Waals surface area contributed by atoms with Gasteiger partial charge in [-0.2, -0.15) is 0 Å². The van der Waals surface area contributed by atoms with Gasteiger partial charge in [0.15, 0.2) is 15.8 Å². The Balaban J connectivity index is 2.76. The van der Waals surface area contributed by atoms with Crippen LogP contribution in [0.15, 0.2) is 46.8 Å². The van der Waals surface area contributed by atoms with Crippen molar-refractivity contribution >= 4 is 33.5 Å². The summed E-state index contributed by atoms with van der Waals surface area (Å²) < 4.78 is 24.7. The molecule has 0 aromatic heterocycles. The van der Waals surface area contributed by atoms with Crippen LogP contribution < -0.4 is 27.4 Å². The van der Waals surface area contributed by atoms with Gasteiger partial charge >= 0.3 is 0 Å². The highest BCUT2D eigenvalue weighted by Crippen LogP contribution is 2.10. The number of carbonyl (C=O) groups excluding carboxylic acids is 3. The van der Waals surface area contributed by atoms with Crippen LogP contribution in [0.4, 0.5) is 0 Å². The molecule has 1 aromatic carbocycles. The molecule has 2 atom stereocenters. The summed E-state index contributed by atoms with van der Waals surface area (Å²) in [5, 5.41) is 8.96. The van der Waals surface area contributed by atoms with E-state index in [2.05, 4.69) is 20.9 Å². The lowest BCUT2D eigenvalue weighted by atomic mass is 10.00. The van der Waals surface area contributed by atoms with E-state index < -0.39 is 33.7 Å². The molecule has 3 amide bonds. The second-order valence-corrected chi connectivity index (χ2v) is 11.7. The van der Waals surface area contributed by atoms with E-state index in [4.69, 9.17) is 11.5 Å². The van der Waals surface area contributed by atoms with Gasteiger partial charge in [0, 0.05) is 24.6 Å². The number of amides is 3. The molecule has 0 aliphatic carbocycles. The number of nitrogens with zero attached hydrogens (tertiary/aromatic N) is 1. The van der Waals surface area contributed by atoms with Crippen LogP contribution in [0.3, 0.4) is 0 Å². The van der Waals surface area contributed by atoms with Gasteiger partial charge in [-0.25, -0.2) is 8.42 Å². The molecule has 7 N–H and O–H groups in total. The van der Waals surface area contributed by atoms with E-state index in [0.29, 0.717) is 37.9 Å². The first-order valence-corrected chi connectivity index (χ1v) is 14.4. The number of rotatable bonds is 16. The van der Waals surface area contributed by atoms with Gasteiger partial charge in [-0.3, -0.25) is 19.4 Å². The first-order chi connectivity index (χ1) is 17.8. The van der Waals surface area contributed by atoms with Crippen LogP contribution in [0.1, 0.15) is 52.5 Å². The maximum Gasteiger partial charge on any atom is 0.245 e. The Bertz CT molecular complexity index is 1070. The smallest absolute Gasteiger partial charge is 0.245 e. The van der Waals surface area contributed by atoms with Crippen LogP contribution in [-0.2, 0) is 30.0 Å². The lowest BCUT2D eigenvalue weighted by Gasteiger charge is -2.25. The van der Waals surface area contributed by atoms with E-state index in [-0.39, 0.29) is 29.5 Å². The molecule has 1 rings (SSSR count). The van der Waals surface area contributed by atoms with Crippen LogP contribution in [-0.4, -0.2) is 57.3 Å². The van der Waals surface area contributed by atoms with Crippen molar-refractivity contribution in [2.45, 2.75) is 64.8 Å². The third-order valence-corrected chi connectivity index (χ3v) is 6.69. The summed E-state index contributed by atoms with van der Waals surface area (Å²) in [6.45, 7) is 8.22. The summed E-state index contributed by atoms with van der Waals surface area (Å²) in [6, 6.07) is 6.85. The second-order valence-electron chi connectivity index (χ2n) is 9.82. The highest BCUT2D eigenvalue weighted by atomic mass is 32.2. The van der Waals surface area contributed by atoms with Crippen molar-refractivity contribution in [3.63, 3.8) is 0 Å². The molecule has 0 spiro atoms. The molecular weight excluding hydrogens is 508 g/mol. The van der Waals surface area contributed by atoms with Gasteiger partial charge in [-0.1, -0.05) is 58.0 Å². The molecule has 38 heavy (non-hydrogen) atoms. The molecule has 12 heteroatoms. The number of aliphatic imine (C=N–C) groups is 1. The third-order valence-electron chi connectivity index (χ3n) is 5.40. The fourth-order valence-electron chi connectivity index (χ4n) is 3.50. The molecule has 11 nitrogen and oxygen atoms in total. The lowest BCUT2D eigenvalue weighted by molar-refractivity contribution is -0.132. The van der Waals surface area contributed by atoms with E-state index in [0.717, 1.165) is 11.5 Å². The molecule has 0 bridgehead atoms. The van der Waals surface area contributed by atoms with Gasteiger partial charge in [0.25, 0.3) is 0 Å². The summed E-state index contributed by atoms with van der Waals surface area (Å²) in [6.07, 6.45) is 2.66. The first kappa shape index (κ1) is 32.6. The number of carbonyl (C=O) groups is 3. The number of guanidine groups is 1. The molecule has 1 aromatic rings. The number of sulfone groups is 1. The Labute approximate surface area is 225 Å². The number of unbranched alkanes of at least 4 members (excludes halogenated alkanes) is 1. The molecule has 0 heterocycles. The van der Waals surface area contributed by atoms with Crippen LogP contribution >= 0.6 is 0 Å². The van der Waals surface area contributed by atoms with Crippen molar-refractivity contribution in [3.05, 3.63) is 47.4 Å². The Morgan fingerprint density at radius 2 is 1.63 bits per heavy atom. The van der Waals surface area contributed by atoms with Crippen molar-refractivity contribution in [2.75, 3.05) is 13.1 Å². The van der Waals surface area contributed by atoms with E-state index in [1.54, 1.807) is 44.2 Å². The molecule has 2 unspecified atom stereocenters. The standard InChI is InChI=1S/C26H42N6O5S/c1-18(2)16-21(24(34)29-13-8-9-14-30-26(27)28)31-25(35)23(19(3)4)32-22(33)12-15-38(36,37)17-20-10-6-5-7-11-20/h5-7,10-12,15,18-19,21,23H,8-9,13-14,16-17H2,1-4H3,(H,29,34)(H,31,35)(H,32,33)(H4,27,28,30)/b15-12+. The van der Waals surface area contributed by atoms with Gasteiger partial charge in [0.05, 0.1) is 5.75 Å². The number of hydrogen-bond acceptors (Lipinski definition) is 6. The fraction of sp³-hybridized carbons (Fsp3) is 0.538. The van der Waals surface area contributed by atoms with Crippen molar-refractivity contribution in [2.24, 2.45) is 28.3 Å². The monoisotopic (exact) mass is 550 g/mol. The first-order valence-electron chi connectivity index (χ1n) is 12.7. The van der Waals surface area contributed by atoms with Crippen molar-refractivity contribution < 1.29 is 22.8 Å². The molecule has 0 fully saturated rings. The number of hydrogen-bond donors (Lipinski definition) is 5. The SMILES string of the molecule is CC(C)CC(NC(=O)C(NC(=O)/C=C/S(=O)(=O)Cc1ccccc1)C(C)C)C(=O)NCCCCN=C(N)N. The average Bonchev–Trinajstić information content (AvgIpc) is 2.82. The summed E-state index contributed by atoms with van der Waals surface area (Å²) in [5.41, 5.74) is 11.2. The molecule has 0 saturated carbocycles. The molecular formula is C26H42N6O5S. The van der Waals surface area contributed by atoms with Crippen LogP contribution in [0.2, 0.25) is 0 Å². The van der Waals surface area contributed by atoms with Crippen LogP contribution in [0.25, 0.3) is 0 Å². The summed E-state index contributed by atoms with van der Waals surface area (Å²) >= 11 is 0. The minimum absolute atomic E-state index is 0.0184. The van der Waals surface area contributed by atoms with E-state index >= 15 is 0 Å². The normalized spacial score (nSPS) is 13.2. The zero-order chi connectivity index (χ0) is 28.7. The van der Waals surface area contributed by atoms with E-state index in [1.807, 2.05) is 13.8 Å². The van der Waals surface area contributed by atoms with E-state index in [1.165, 1.54) is 0 Å². The number of nitrogens with one attached hydrogen (secondary N) is 3. The molecule has 0 aliphatic heterocycles. The maximum absolute atomic E-state index is 13.1. The highest BCUT2D eigenvalue weighted by Gasteiger charge is 2.28. The minimum atomic E-state index is -3.68. The predicted molar refractivity (Wildman–Crippen MR) is 149 cm³/mol. The quantitative estimate of drug-likeness (QED) is 0.0877. The Kier molecular flexibility index (Phi) is 14.1. The van der Waals surface area contributed by atoms with Gasteiger partial charge in [0.2, 0.25) is 17.7 Å². The largest absolute Gasteiger partial charge is 0.370 e. The maximum atomic E-state index is 13.1. The minimum Gasteiger partial charge on any atom is -0.370 e. The average molecular weight is 551 g/mol. The Morgan fingerprint density at radius 3 is 2.21 bits per heavy atom. The van der Waals surface area contributed by atoms with Gasteiger partial charge in [-0.05, 0) is 36.7 Å². The van der Waals surface area contributed by atoms with Gasteiger partial charge < -0.3 is 27.4 Å². The highest BCUT2D eigenvalue weighted by molar-refractivity contribution is 7.93. The Hall–Kier alpha value is -3.41. The second kappa shape index (κ2) is 16.4. The van der Waals surface area contributed by atoms with Gasteiger partial charge in [-0.15, -0.1) is 0 Å². The molecule has 0 aliphatic rings. The van der Waals surface area contributed by atoms with Crippen LogP contribution in [0, 0.1) is 11.8 Å². The van der Waals surface area contributed by atoms with Gasteiger partial charge in [0.1, 0.15) is 12.1 Å². The summed E-state index contributed by atoms with van der Waals surface area (Å²) in [7, 11) is -3.68. The predicted octanol–water partition coefficient (Wildman–Crippen LogP) is 0.957.